The highest BCUT2D eigenvalue weighted by Gasteiger charge is 2.28. The van der Waals surface area contributed by atoms with Crippen LogP contribution < -0.4 is 4.90 Å². The summed E-state index contributed by atoms with van der Waals surface area (Å²) < 4.78 is 5.18. The minimum atomic E-state index is -0.294. The smallest absolute Gasteiger partial charge is 0.414 e. The Hall–Kier alpha value is -1.55. The number of amides is 1. The molecule has 1 fully saturated rings. The summed E-state index contributed by atoms with van der Waals surface area (Å²) in [4.78, 5) is 13.5. The number of carbonyl (C=O) groups excluding carboxylic acids is 1. The van der Waals surface area contributed by atoms with Crippen molar-refractivity contribution < 1.29 is 14.6 Å². The average Bonchev–Trinajstić information content (AvgIpc) is 2.36. The Labute approximate surface area is 107 Å². The minimum absolute atomic E-state index is 0.128. The standard InChI is InChI=1S/C14H19NO3/c1-10-4-3-5-13(11(10)2)15-8-12(6-7-16)9-18-14(15)17/h3-5,12,16H,6-9H2,1-2H3. The summed E-state index contributed by atoms with van der Waals surface area (Å²) in [7, 11) is 0. The third-order valence-electron chi connectivity index (χ3n) is 3.51. The first-order valence-electron chi connectivity index (χ1n) is 6.25. The first-order valence-corrected chi connectivity index (χ1v) is 6.25. The second-order valence-electron chi connectivity index (χ2n) is 4.78. The summed E-state index contributed by atoms with van der Waals surface area (Å²) in [5.74, 6) is 0.201. The number of benzene rings is 1. The van der Waals surface area contributed by atoms with Gasteiger partial charge in [-0.2, -0.15) is 0 Å². The second kappa shape index (κ2) is 5.40. The third-order valence-corrected chi connectivity index (χ3v) is 3.51. The largest absolute Gasteiger partial charge is 0.449 e. The summed E-state index contributed by atoms with van der Waals surface area (Å²) in [6.07, 6.45) is 0.368. The molecule has 1 N–H and O–H groups in total. The molecule has 0 saturated carbocycles. The van der Waals surface area contributed by atoms with E-state index in [-0.39, 0.29) is 18.6 Å². The molecular weight excluding hydrogens is 230 g/mol. The number of hydrogen-bond donors (Lipinski definition) is 1. The summed E-state index contributed by atoms with van der Waals surface area (Å²) in [6.45, 7) is 5.18. The lowest BCUT2D eigenvalue weighted by Crippen LogP contribution is -2.43. The highest BCUT2D eigenvalue weighted by Crippen LogP contribution is 2.27. The Balaban J connectivity index is 2.24. The number of aliphatic hydroxyl groups is 1. The lowest BCUT2D eigenvalue weighted by atomic mass is 10.0. The molecule has 1 aromatic carbocycles. The van der Waals surface area contributed by atoms with E-state index >= 15 is 0 Å². The van der Waals surface area contributed by atoms with Crippen LogP contribution in [0.2, 0.25) is 0 Å². The Bertz CT molecular complexity index is 445. The van der Waals surface area contributed by atoms with Crippen molar-refractivity contribution in [1.82, 2.24) is 0 Å². The van der Waals surface area contributed by atoms with Gasteiger partial charge in [0.2, 0.25) is 0 Å². The number of rotatable bonds is 3. The van der Waals surface area contributed by atoms with Crippen molar-refractivity contribution in [2.24, 2.45) is 5.92 Å². The van der Waals surface area contributed by atoms with Gasteiger partial charge >= 0.3 is 6.09 Å². The van der Waals surface area contributed by atoms with Crippen LogP contribution in [0.15, 0.2) is 18.2 Å². The molecule has 98 valence electrons. The van der Waals surface area contributed by atoms with Gasteiger partial charge in [0.05, 0.1) is 12.3 Å². The molecule has 0 radical (unpaired) electrons. The van der Waals surface area contributed by atoms with Gasteiger partial charge in [-0.25, -0.2) is 4.79 Å². The fourth-order valence-corrected chi connectivity index (χ4v) is 2.23. The van der Waals surface area contributed by atoms with Gasteiger partial charge in [-0.3, -0.25) is 4.90 Å². The van der Waals surface area contributed by atoms with Crippen molar-refractivity contribution >= 4 is 11.8 Å². The molecule has 4 heteroatoms. The van der Waals surface area contributed by atoms with Crippen molar-refractivity contribution in [3.8, 4) is 0 Å². The summed E-state index contributed by atoms with van der Waals surface area (Å²) in [6, 6.07) is 5.91. The number of ether oxygens (including phenoxy) is 1. The Morgan fingerprint density at radius 1 is 1.44 bits per heavy atom. The van der Waals surface area contributed by atoms with Crippen LogP contribution in [-0.2, 0) is 4.74 Å². The molecule has 0 spiro atoms. The van der Waals surface area contributed by atoms with E-state index in [0.717, 1.165) is 16.8 Å². The topological polar surface area (TPSA) is 49.8 Å². The van der Waals surface area contributed by atoms with Crippen LogP contribution in [0.3, 0.4) is 0 Å². The number of nitrogens with zero attached hydrogens (tertiary/aromatic N) is 1. The number of aryl methyl sites for hydroxylation is 1. The van der Waals surface area contributed by atoms with E-state index in [0.29, 0.717) is 19.6 Å². The zero-order chi connectivity index (χ0) is 13.1. The monoisotopic (exact) mass is 249 g/mol. The maximum Gasteiger partial charge on any atom is 0.414 e. The highest BCUT2D eigenvalue weighted by molar-refractivity contribution is 5.89. The molecular formula is C14H19NO3. The van der Waals surface area contributed by atoms with Crippen molar-refractivity contribution in [2.45, 2.75) is 20.3 Å². The normalized spacial score (nSPS) is 19.8. The molecule has 2 rings (SSSR count). The molecule has 0 aliphatic carbocycles. The molecule has 1 aliphatic rings. The van der Waals surface area contributed by atoms with Gasteiger partial charge in [0.1, 0.15) is 0 Å². The second-order valence-corrected chi connectivity index (χ2v) is 4.78. The lowest BCUT2D eigenvalue weighted by molar-refractivity contribution is 0.104. The zero-order valence-corrected chi connectivity index (χ0v) is 10.8. The zero-order valence-electron chi connectivity index (χ0n) is 10.8. The Kier molecular flexibility index (Phi) is 3.87. The first kappa shape index (κ1) is 12.9. The fraction of sp³-hybridized carbons (Fsp3) is 0.500. The maximum atomic E-state index is 11.8. The fourth-order valence-electron chi connectivity index (χ4n) is 2.23. The number of anilines is 1. The van der Waals surface area contributed by atoms with E-state index in [2.05, 4.69) is 0 Å². The molecule has 18 heavy (non-hydrogen) atoms. The van der Waals surface area contributed by atoms with Crippen molar-refractivity contribution in [2.75, 3.05) is 24.7 Å². The quantitative estimate of drug-likeness (QED) is 0.894. The van der Waals surface area contributed by atoms with E-state index in [9.17, 15) is 4.79 Å². The molecule has 0 bridgehead atoms. The van der Waals surface area contributed by atoms with Crippen molar-refractivity contribution in [3.63, 3.8) is 0 Å². The van der Waals surface area contributed by atoms with E-state index in [1.54, 1.807) is 4.90 Å². The van der Waals surface area contributed by atoms with Gasteiger partial charge in [0, 0.05) is 19.1 Å². The molecule has 1 amide bonds. The van der Waals surface area contributed by atoms with Crippen LogP contribution in [0.1, 0.15) is 17.5 Å². The molecule has 4 nitrogen and oxygen atoms in total. The van der Waals surface area contributed by atoms with Gasteiger partial charge in [0.15, 0.2) is 0 Å². The van der Waals surface area contributed by atoms with E-state index < -0.39 is 0 Å². The molecule has 1 aromatic rings. The molecule has 0 aromatic heterocycles. The minimum Gasteiger partial charge on any atom is -0.449 e. The summed E-state index contributed by atoms with van der Waals surface area (Å²) in [5.41, 5.74) is 3.16. The number of carbonyl (C=O) groups is 1. The van der Waals surface area contributed by atoms with Crippen LogP contribution in [-0.4, -0.2) is 31.0 Å². The third kappa shape index (κ3) is 2.48. The number of hydrogen-bond acceptors (Lipinski definition) is 3. The van der Waals surface area contributed by atoms with E-state index in [4.69, 9.17) is 9.84 Å². The molecule has 1 saturated heterocycles. The number of aliphatic hydroxyl groups excluding tert-OH is 1. The Morgan fingerprint density at radius 2 is 2.22 bits per heavy atom. The number of cyclic esters (lactones) is 1. The van der Waals surface area contributed by atoms with Gasteiger partial charge < -0.3 is 9.84 Å². The van der Waals surface area contributed by atoms with E-state index in [1.165, 1.54) is 0 Å². The first-order chi connectivity index (χ1) is 8.63. The molecule has 1 aliphatic heterocycles. The van der Waals surface area contributed by atoms with Gasteiger partial charge in [-0.05, 0) is 37.5 Å². The Morgan fingerprint density at radius 3 is 2.94 bits per heavy atom. The predicted octanol–water partition coefficient (Wildman–Crippen LogP) is 2.26. The lowest BCUT2D eigenvalue weighted by Gasteiger charge is -2.33. The van der Waals surface area contributed by atoms with Gasteiger partial charge in [0.25, 0.3) is 0 Å². The molecule has 1 unspecified atom stereocenters. The maximum absolute atomic E-state index is 11.8. The van der Waals surface area contributed by atoms with Crippen LogP contribution in [0, 0.1) is 19.8 Å². The van der Waals surface area contributed by atoms with Crippen LogP contribution in [0.5, 0.6) is 0 Å². The van der Waals surface area contributed by atoms with Crippen molar-refractivity contribution in [1.29, 1.82) is 0 Å². The SMILES string of the molecule is Cc1cccc(N2CC(CCO)COC2=O)c1C. The average molecular weight is 249 g/mol. The van der Waals surface area contributed by atoms with Gasteiger partial charge in [-0.1, -0.05) is 12.1 Å². The molecule has 1 atom stereocenters. The highest BCUT2D eigenvalue weighted by atomic mass is 16.6. The van der Waals surface area contributed by atoms with Gasteiger partial charge in [-0.15, -0.1) is 0 Å². The molecule has 1 heterocycles. The predicted molar refractivity (Wildman–Crippen MR) is 69.8 cm³/mol. The summed E-state index contributed by atoms with van der Waals surface area (Å²) in [5, 5.41) is 8.98. The van der Waals surface area contributed by atoms with Crippen LogP contribution >= 0.6 is 0 Å². The van der Waals surface area contributed by atoms with Crippen molar-refractivity contribution in [3.05, 3.63) is 29.3 Å². The van der Waals surface area contributed by atoms with Crippen LogP contribution in [0.4, 0.5) is 10.5 Å². The van der Waals surface area contributed by atoms with E-state index in [1.807, 2.05) is 32.0 Å². The summed E-state index contributed by atoms with van der Waals surface area (Å²) >= 11 is 0. The van der Waals surface area contributed by atoms with Crippen LogP contribution in [0.25, 0.3) is 0 Å².